The maximum atomic E-state index is 12.6. The number of hydrogen-bond donors (Lipinski definition) is 0. The van der Waals surface area contributed by atoms with Crippen molar-refractivity contribution in [2.24, 2.45) is 0 Å². The van der Waals surface area contributed by atoms with Gasteiger partial charge in [0.15, 0.2) is 0 Å². The molecule has 5 nitrogen and oxygen atoms in total. The highest BCUT2D eigenvalue weighted by Gasteiger charge is 2.30. The molecule has 1 aliphatic heterocycles. The Morgan fingerprint density at radius 2 is 1.81 bits per heavy atom. The Morgan fingerprint density at radius 1 is 1.15 bits per heavy atom. The Labute approximate surface area is 155 Å². The zero-order valence-electron chi connectivity index (χ0n) is 14.9. The number of amides is 1. The molecule has 0 aliphatic carbocycles. The molecule has 0 unspecified atom stereocenters. The Kier molecular flexibility index (Phi) is 5.65. The van der Waals surface area contributed by atoms with Crippen LogP contribution in [0, 0.1) is 0 Å². The third-order valence-corrected chi connectivity index (χ3v) is 4.38. The molecule has 1 aromatic carbocycles. The van der Waals surface area contributed by atoms with Crippen molar-refractivity contribution in [1.29, 1.82) is 0 Å². The molecule has 0 bridgehead atoms. The number of hydrogen-bond acceptors (Lipinski definition) is 4. The van der Waals surface area contributed by atoms with Crippen LogP contribution in [0.5, 0.6) is 0 Å². The van der Waals surface area contributed by atoms with Gasteiger partial charge in [-0.3, -0.25) is 4.79 Å². The third kappa shape index (κ3) is 4.77. The van der Waals surface area contributed by atoms with Crippen molar-refractivity contribution in [3.05, 3.63) is 59.3 Å². The maximum Gasteiger partial charge on any atom is 0.416 e. The van der Waals surface area contributed by atoms with Crippen molar-refractivity contribution < 1.29 is 22.7 Å². The van der Waals surface area contributed by atoms with E-state index in [9.17, 15) is 18.0 Å². The predicted molar refractivity (Wildman–Crippen MR) is 94.5 cm³/mol. The summed E-state index contributed by atoms with van der Waals surface area (Å²) in [6.07, 6.45) is -2.84. The first kappa shape index (κ1) is 19.2. The van der Waals surface area contributed by atoms with E-state index in [0.717, 1.165) is 31.0 Å². The quantitative estimate of drug-likeness (QED) is 0.819. The highest BCUT2D eigenvalue weighted by Crippen LogP contribution is 2.29. The zero-order valence-corrected chi connectivity index (χ0v) is 14.9. The van der Waals surface area contributed by atoms with Gasteiger partial charge < -0.3 is 14.5 Å². The molecule has 0 spiro atoms. The number of halogens is 3. The topological polar surface area (TPSA) is 45.7 Å². The largest absolute Gasteiger partial charge is 0.416 e. The summed E-state index contributed by atoms with van der Waals surface area (Å²) in [5, 5.41) is 0. The lowest BCUT2D eigenvalue weighted by Crippen LogP contribution is -2.36. The summed E-state index contributed by atoms with van der Waals surface area (Å²) < 4.78 is 43.2. The van der Waals surface area contributed by atoms with Crippen LogP contribution in [0.2, 0.25) is 0 Å². The van der Waals surface area contributed by atoms with Crippen molar-refractivity contribution in [2.45, 2.75) is 12.7 Å². The zero-order chi connectivity index (χ0) is 19.4. The first-order chi connectivity index (χ1) is 12.8. The standard InChI is InChI=1S/C19H20F3N3O2/c1-24(13-14-2-5-16(6-3-14)19(20,21)22)18(26)15-4-7-17(23-12-15)25-8-10-27-11-9-25/h2-7,12H,8-11,13H2,1H3. The van der Waals surface area contributed by atoms with Crippen LogP contribution in [0.15, 0.2) is 42.6 Å². The smallest absolute Gasteiger partial charge is 0.378 e. The molecule has 0 atom stereocenters. The molecule has 0 N–H and O–H groups in total. The number of carbonyl (C=O) groups excluding carboxylic acids is 1. The lowest BCUT2D eigenvalue weighted by atomic mass is 10.1. The van der Waals surface area contributed by atoms with Crippen LogP contribution < -0.4 is 4.90 Å². The molecule has 0 saturated carbocycles. The molecule has 8 heteroatoms. The highest BCUT2D eigenvalue weighted by atomic mass is 19.4. The number of ether oxygens (including phenoxy) is 1. The third-order valence-electron chi connectivity index (χ3n) is 4.38. The summed E-state index contributed by atoms with van der Waals surface area (Å²) in [6.45, 7) is 3.03. The number of morpholine rings is 1. The minimum Gasteiger partial charge on any atom is -0.378 e. The second-order valence-electron chi connectivity index (χ2n) is 6.36. The molecule has 1 amide bonds. The second kappa shape index (κ2) is 7.96. The van der Waals surface area contributed by atoms with Gasteiger partial charge in [0.2, 0.25) is 0 Å². The van der Waals surface area contributed by atoms with Gasteiger partial charge in [-0.1, -0.05) is 12.1 Å². The van der Waals surface area contributed by atoms with Gasteiger partial charge in [0.1, 0.15) is 5.82 Å². The van der Waals surface area contributed by atoms with Crippen molar-refractivity contribution >= 4 is 11.7 Å². The first-order valence-corrected chi connectivity index (χ1v) is 8.55. The van der Waals surface area contributed by atoms with E-state index in [0.29, 0.717) is 24.3 Å². The van der Waals surface area contributed by atoms with E-state index in [2.05, 4.69) is 9.88 Å². The number of benzene rings is 1. The Bertz CT molecular complexity index is 770. The molecular weight excluding hydrogens is 359 g/mol. The lowest BCUT2D eigenvalue weighted by Gasteiger charge is -2.27. The molecule has 1 saturated heterocycles. The van der Waals surface area contributed by atoms with E-state index >= 15 is 0 Å². The minimum absolute atomic E-state index is 0.211. The first-order valence-electron chi connectivity index (χ1n) is 8.55. The molecule has 27 heavy (non-hydrogen) atoms. The molecule has 0 radical (unpaired) electrons. The second-order valence-corrected chi connectivity index (χ2v) is 6.36. The molecule has 144 valence electrons. The van der Waals surface area contributed by atoms with Crippen molar-refractivity contribution in [3.8, 4) is 0 Å². The average molecular weight is 379 g/mol. The SMILES string of the molecule is CN(Cc1ccc(C(F)(F)F)cc1)C(=O)c1ccc(N2CCOCC2)nc1. The molecule has 2 heterocycles. The highest BCUT2D eigenvalue weighted by molar-refractivity contribution is 5.93. The van der Waals surface area contributed by atoms with Crippen LogP contribution in [-0.4, -0.2) is 49.1 Å². The van der Waals surface area contributed by atoms with Gasteiger partial charge >= 0.3 is 6.18 Å². The monoisotopic (exact) mass is 379 g/mol. The van der Waals surface area contributed by atoms with Crippen molar-refractivity contribution in [1.82, 2.24) is 9.88 Å². The molecule has 3 rings (SSSR count). The van der Waals surface area contributed by atoms with E-state index in [-0.39, 0.29) is 12.5 Å². The van der Waals surface area contributed by atoms with E-state index in [1.165, 1.54) is 23.2 Å². The summed E-state index contributed by atoms with van der Waals surface area (Å²) in [4.78, 5) is 20.4. The van der Waals surface area contributed by atoms with Gasteiger partial charge in [0, 0.05) is 32.9 Å². The van der Waals surface area contributed by atoms with Crippen LogP contribution in [0.1, 0.15) is 21.5 Å². The summed E-state index contributed by atoms with van der Waals surface area (Å²) in [5.41, 5.74) is 0.348. The maximum absolute atomic E-state index is 12.6. The van der Waals surface area contributed by atoms with Crippen LogP contribution in [0.3, 0.4) is 0 Å². The number of pyridine rings is 1. The van der Waals surface area contributed by atoms with E-state index in [4.69, 9.17) is 4.74 Å². The number of nitrogens with zero attached hydrogens (tertiary/aromatic N) is 3. The van der Waals surface area contributed by atoms with Gasteiger partial charge in [-0.2, -0.15) is 13.2 Å². The fourth-order valence-corrected chi connectivity index (χ4v) is 2.86. The molecule has 2 aromatic rings. The average Bonchev–Trinajstić information content (AvgIpc) is 2.68. The fraction of sp³-hybridized carbons (Fsp3) is 0.368. The van der Waals surface area contributed by atoms with E-state index in [1.54, 1.807) is 19.2 Å². The van der Waals surface area contributed by atoms with Crippen LogP contribution in [0.4, 0.5) is 19.0 Å². The van der Waals surface area contributed by atoms with Gasteiger partial charge in [-0.25, -0.2) is 4.98 Å². The number of anilines is 1. The van der Waals surface area contributed by atoms with Gasteiger partial charge in [-0.05, 0) is 29.8 Å². The van der Waals surface area contributed by atoms with E-state index < -0.39 is 11.7 Å². The number of rotatable bonds is 4. The van der Waals surface area contributed by atoms with Crippen LogP contribution >= 0.6 is 0 Å². The predicted octanol–water partition coefficient (Wildman–Crippen LogP) is 3.21. The number of aromatic nitrogens is 1. The lowest BCUT2D eigenvalue weighted by molar-refractivity contribution is -0.137. The van der Waals surface area contributed by atoms with E-state index in [1.807, 2.05) is 0 Å². The normalized spacial score (nSPS) is 14.9. The van der Waals surface area contributed by atoms with Crippen LogP contribution in [0.25, 0.3) is 0 Å². The number of carbonyl (C=O) groups is 1. The van der Waals surface area contributed by atoms with Gasteiger partial charge in [0.25, 0.3) is 5.91 Å². The van der Waals surface area contributed by atoms with Gasteiger partial charge in [0.05, 0.1) is 24.3 Å². The van der Waals surface area contributed by atoms with Gasteiger partial charge in [-0.15, -0.1) is 0 Å². The van der Waals surface area contributed by atoms with Crippen molar-refractivity contribution in [2.75, 3.05) is 38.3 Å². The Hall–Kier alpha value is -2.61. The Balaban J connectivity index is 1.62. The van der Waals surface area contributed by atoms with Crippen LogP contribution in [-0.2, 0) is 17.5 Å². The summed E-state index contributed by atoms with van der Waals surface area (Å²) >= 11 is 0. The minimum atomic E-state index is -4.37. The summed E-state index contributed by atoms with van der Waals surface area (Å²) in [6, 6.07) is 8.31. The molecule has 1 aliphatic rings. The van der Waals surface area contributed by atoms with Crippen molar-refractivity contribution in [3.63, 3.8) is 0 Å². The summed E-state index contributed by atoms with van der Waals surface area (Å²) in [7, 11) is 1.61. The molecule has 1 aromatic heterocycles. The molecule has 1 fully saturated rings. The number of alkyl halides is 3. The fourth-order valence-electron chi connectivity index (χ4n) is 2.86. The molecular formula is C19H20F3N3O2. The Morgan fingerprint density at radius 3 is 2.37 bits per heavy atom. The summed E-state index contributed by atoms with van der Waals surface area (Å²) in [5.74, 6) is 0.552.